The number of nitrogens with zero attached hydrogens (tertiary/aromatic N) is 1. The van der Waals surface area contributed by atoms with Crippen LogP contribution in [0.2, 0.25) is 0 Å². The molecule has 1 aliphatic heterocycles. The standard InChI is InChI=1S/C13H20N2O4/c1-5-6-14-13(7-10(16)17)8-15(9-13)11(18)19-12(2,3)4/h1,14H,6-9H2,2-4H3,(H,16,17). The second-order valence-electron chi connectivity index (χ2n) is 5.74. The summed E-state index contributed by atoms with van der Waals surface area (Å²) in [6.07, 6.45) is 4.65. The van der Waals surface area contributed by atoms with Crippen LogP contribution in [0.3, 0.4) is 0 Å². The van der Waals surface area contributed by atoms with E-state index in [1.807, 2.05) is 0 Å². The van der Waals surface area contributed by atoms with E-state index in [4.69, 9.17) is 16.3 Å². The van der Waals surface area contributed by atoms with Gasteiger partial charge in [-0.3, -0.25) is 10.1 Å². The Kier molecular flexibility index (Phi) is 4.43. The van der Waals surface area contributed by atoms with Crippen LogP contribution >= 0.6 is 0 Å². The second kappa shape index (κ2) is 5.49. The lowest BCUT2D eigenvalue weighted by Gasteiger charge is -2.49. The van der Waals surface area contributed by atoms with Gasteiger partial charge in [-0.25, -0.2) is 4.79 Å². The van der Waals surface area contributed by atoms with Crippen molar-refractivity contribution < 1.29 is 19.4 Å². The molecule has 0 unspecified atom stereocenters. The van der Waals surface area contributed by atoms with Crippen molar-refractivity contribution >= 4 is 12.1 Å². The Morgan fingerprint density at radius 2 is 2.05 bits per heavy atom. The van der Waals surface area contributed by atoms with Crippen LogP contribution in [-0.2, 0) is 9.53 Å². The third kappa shape index (κ3) is 4.45. The Labute approximate surface area is 113 Å². The number of rotatable bonds is 4. The minimum Gasteiger partial charge on any atom is -0.481 e. The smallest absolute Gasteiger partial charge is 0.410 e. The van der Waals surface area contributed by atoms with Crippen molar-refractivity contribution in [2.45, 2.75) is 38.3 Å². The van der Waals surface area contributed by atoms with E-state index in [0.717, 1.165) is 0 Å². The van der Waals surface area contributed by atoms with Crippen LogP contribution in [0.1, 0.15) is 27.2 Å². The molecule has 1 amide bonds. The van der Waals surface area contributed by atoms with Gasteiger partial charge in [-0.1, -0.05) is 5.92 Å². The zero-order valence-corrected chi connectivity index (χ0v) is 11.5. The predicted octanol–water partition coefficient (Wildman–Crippen LogP) is 0.673. The number of likely N-dealkylation sites (tertiary alicyclic amines) is 1. The maximum absolute atomic E-state index is 11.8. The van der Waals surface area contributed by atoms with Crippen LogP contribution in [-0.4, -0.2) is 52.8 Å². The van der Waals surface area contributed by atoms with Crippen LogP contribution in [0.15, 0.2) is 0 Å². The molecule has 0 aliphatic carbocycles. The van der Waals surface area contributed by atoms with E-state index in [1.165, 1.54) is 4.90 Å². The number of carboxylic acids is 1. The third-order valence-electron chi connectivity index (χ3n) is 2.69. The maximum Gasteiger partial charge on any atom is 0.410 e. The summed E-state index contributed by atoms with van der Waals surface area (Å²) in [5.41, 5.74) is -1.20. The van der Waals surface area contributed by atoms with E-state index < -0.39 is 23.2 Å². The highest BCUT2D eigenvalue weighted by Gasteiger charge is 2.47. The number of nitrogens with one attached hydrogen (secondary N) is 1. The minimum absolute atomic E-state index is 0.0754. The molecule has 0 radical (unpaired) electrons. The van der Waals surface area contributed by atoms with Gasteiger partial charge in [-0.05, 0) is 20.8 Å². The number of carbonyl (C=O) groups excluding carboxylic acids is 1. The second-order valence-corrected chi connectivity index (χ2v) is 5.74. The maximum atomic E-state index is 11.8. The number of ether oxygens (including phenoxy) is 1. The Balaban J connectivity index is 2.56. The summed E-state index contributed by atoms with van der Waals surface area (Å²) >= 11 is 0. The van der Waals surface area contributed by atoms with Crippen LogP contribution in [0.5, 0.6) is 0 Å². The summed E-state index contributed by atoms with van der Waals surface area (Å²) in [5, 5.41) is 11.9. The van der Waals surface area contributed by atoms with Crippen molar-refractivity contribution in [2.75, 3.05) is 19.6 Å². The summed E-state index contributed by atoms with van der Waals surface area (Å²) in [6.45, 7) is 6.20. The fourth-order valence-electron chi connectivity index (χ4n) is 1.95. The minimum atomic E-state index is -0.923. The molecule has 0 bridgehead atoms. The molecule has 0 aromatic carbocycles. The summed E-state index contributed by atoms with van der Waals surface area (Å²) in [5.74, 6) is 1.49. The van der Waals surface area contributed by atoms with Gasteiger partial charge in [0.1, 0.15) is 5.60 Å². The van der Waals surface area contributed by atoms with Crippen molar-refractivity contribution in [3.8, 4) is 12.3 Å². The molecule has 2 N–H and O–H groups in total. The summed E-state index contributed by atoms with van der Waals surface area (Å²) in [6, 6.07) is 0. The van der Waals surface area contributed by atoms with Gasteiger partial charge in [0.15, 0.2) is 0 Å². The number of hydrogen-bond acceptors (Lipinski definition) is 4. The van der Waals surface area contributed by atoms with E-state index >= 15 is 0 Å². The molecule has 1 saturated heterocycles. The molecule has 1 aliphatic rings. The molecular weight excluding hydrogens is 248 g/mol. The number of terminal acetylenes is 1. The van der Waals surface area contributed by atoms with Crippen LogP contribution in [0.25, 0.3) is 0 Å². The van der Waals surface area contributed by atoms with Crippen molar-refractivity contribution in [2.24, 2.45) is 0 Å². The largest absolute Gasteiger partial charge is 0.481 e. The molecule has 6 nitrogen and oxygen atoms in total. The normalized spacial score (nSPS) is 17.3. The van der Waals surface area contributed by atoms with Gasteiger partial charge in [-0.15, -0.1) is 6.42 Å². The van der Waals surface area contributed by atoms with Gasteiger partial charge in [0, 0.05) is 13.1 Å². The molecule has 0 atom stereocenters. The predicted molar refractivity (Wildman–Crippen MR) is 69.6 cm³/mol. The van der Waals surface area contributed by atoms with E-state index in [0.29, 0.717) is 0 Å². The third-order valence-corrected chi connectivity index (χ3v) is 2.69. The molecule has 1 fully saturated rings. The van der Waals surface area contributed by atoms with E-state index in [9.17, 15) is 9.59 Å². The number of hydrogen-bond donors (Lipinski definition) is 2. The Bertz CT molecular complexity index is 400. The molecular formula is C13H20N2O4. The van der Waals surface area contributed by atoms with Crippen LogP contribution in [0.4, 0.5) is 4.79 Å². The van der Waals surface area contributed by atoms with Gasteiger partial charge < -0.3 is 14.7 Å². The van der Waals surface area contributed by atoms with Gasteiger partial charge in [0.2, 0.25) is 0 Å². The number of carboxylic acid groups (broad SMARTS) is 1. The van der Waals surface area contributed by atoms with Gasteiger partial charge in [-0.2, -0.15) is 0 Å². The van der Waals surface area contributed by atoms with Crippen molar-refractivity contribution in [3.63, 3.8) is 0 Å². The SMILES string of the molecule is C#CCNC1(CC(=O)O)CN(C(=O)OC(C)(C)C)C1. The Morgan fingerprint density at radius 3 is 2.47 bits per heavy atom. The Hall–Kier alpha value is -1.74. The van der Waals surface area contributed by atoms with E-state index in [1.54, 1.807) is 20.8 Å². The van der Waals surface area contributed by atoms with Crippen molar-refractivity contribution in [3.05, 3.63) is 0 Å². The fraction of sp³-hybridized carbons (Fsp3) is 0.692. The highest BCUT2D eigenvalue weighted by atomic mass is 16.6. The van der Waals surface area contributed by atoms with Crippen LogP contribution in [0, 0.1) is 12.3 Å². The summed E-state index contributed by atoms with van der Waals surface area (Å²) in [4.78, 5) is 24.1. The van der Waals surface area contributed by atoms with E-state index in [2.05, 4.69) is 11.2 Å². The average Bonchev–Trinajstić information content (AvgIpc) is 2.17. The lowest BCUT2D eigenvalue weighted by Crippen LogP contribution is -2.71. The zero-order chi connectivity index (χ0) is 14.7. The molecule has 1 heterocycles. The zero-order valence-electron chi connectivity index (χ0n) is 11.5. The Morgan fingerprint density at radius 1 is 1.47 bits per heavy atom. The first-order valence-corrected chi connectivity index (χ1v) is 6.06. The number of aliphatic carboxylic acids is 1. The molecule has 0 spiro atoms. The van der Waals surface area contributed by atoms with Gasteiger partial charge >= 0.3 is 12.1 Å². The lowest BCUT2D eigenvalue weighted by atomic mass is 9.86. The molecule has 19 heavy (non-hydrogen) atoms. The van der Waals surface area contributed by atoms with Crippen LogP contribution < -0.4 is 5.32 Å². The topological polar surface area (TPSA) is 78.9 Å². The first kappa shape index (κ1) is 15.3. The molecule has 0 saturated carbocycles. The average molecular weight is 268 g/mol. The monoisotopic (exact) mass is 268 g/mol. The first-order chi connectivity index (χ1) is 8.67. The fourth-order valence-corrected chi connectivity index (χ4v) is 1.95. The molecule has 0 aromatic heterocycles. The summed E-state index contributed by atoms with van der Waals surface area (Å²) in [7, 11) is 0. The number of amides is 1. The van der Waals surface area contributed by atoms with Gasteiger partial charge in [0.05, 0.1) is 18.5 Å². The van der Waals surface area contributed by atoms with Crippen molar-refractivity contribution in [1.29, 1.82) is 0 Å². The molecule has 1 rings (SSSR count). The van der Waals surface area contributed by atoms with E-state index in [-0.39, 0.29) is 26.1 Å². The van der Waals surface area contributed by atoms with Crippen molar-refractivity contribution in [1.82, 2.24) is 10.2 Å². The quantitative estimate of drug-likeness (QED) is 0.733. The highest BCUT2D eigenvalue weighted by Crippen LogP contribution is 2.26. The highest BCUT2D eigenvalue weighted by molar-refractivity contribution is 5.73. The molecule has 0 aromatic rings. The van der Waals surface area contributed by atoms with Gasteiger partial charge in [0.25, 0.3) is 0 Å². The lowest BCUT2D eigenvalue weighted by molar-refractivity contribution is -0.140. The molecule has 106 valence electrons. The number of carbonyl (C=O) groups is 2. The molecule has 6 heteroatoms. The summed E-state index contributed by atoms with van der Waals surface area (Å²) < 4.78 is 5.22. The first-order valence-electron chi connectivity index (χ1n) is 6.06.